The number of hydrogen-bond donors (Lipinski definition) is 1. The molecule has 0 radical (unpaired) electrons. The largest absolute Gasteiger partial charge is 0.494 e. The first-order chi connectivity index (χ1) is 11.1. The van der Waals surface area contributed by atoms with Crippen LogP contribution in [0.1, 0.15) is 13.3 Å². The van der Waals surface area contributed by atoms with Gasteiger partial charge in [-0.1, -0.05) is 18.5 Å². The predicted octanol–water partition coefficient (Wildman–Crippen LogP) is 4.29. The van der Waals surface area contributed by atoms with Crippen molar-refractivity contribution < 1.29 is 18.7 Å². The van der Waals surface area contributed by atoms with Crippen molar-refractivity contribution in [1.29, 1.82) is 0 Å². The van der Waals surface area contributed by atoms with Crippen molar-refractivity contribution in [3.05, 3.63) is 53.3 Å². The highest BCUT2D eigenvalue weighted by Gasteiger charge is 2.08. The molecule has 2 rings (SSSR count). The topological polar surface area (TPSA) is 47.6 Å². The summed E-state index contributed by atoms with van der Waals surface area (Å²) in [6.07, 6.45) is 0.930. The Morgan fingerprint density at radius 2 is 1.78 bits per heavy atom. The van der Waals surface area contributed by atoms with Gasteiger partial charge in [0.15, 0.2) is 6.61 Å². The number of carbonyl (C=O) groups excluding carboxylic acids is 1. The first-order valence-electron chi connectivity index (χ1n) is 7.19. The number of ether oxygens (including phenoxy) is 2. The molecule has 0 spiro atoms. The Bertz CT molecular complexity index is 661. The van der Waals surface area contributed by atoms with E-state index in [1.54, 1.807) is 24.3 Å². The number of anilines is 1. The van der Waals surface area contributed by atoms with Gasteiger partial charge in [-0.3, -0.25) is 4.79 Å². The molecule has 4 nitrogen and oxygen atoms in total. The molecule has 122 valence electrons. The summed E-state index contributed by atoms with van der Waals surface area (Å²) in [5.41, 5.74) is 0.0614. The van der Waals surface area contributed by atoms with E-state index in [2.05, 4.69) is 5.32 Å². The number of rotatable bonds is 7. The zero-order valence-electron chi connectivity index (χ0n) is 12.6. The van der Waals surface area contributed by atoms with Crippen LogP contribution < -0.4 is 14.8 Å². The van der Waals surface area contributed by atoms with Crippen LogP contribution in [0.2, 0.25) is 5.02 Å². The summed E-state index contributed by atoms with van der Waals surface area (Å²) < 4.78 is 24.4. The van der Waals surface area contributed by atoms with Gasteiger partial charge in [-0.05, 0) is 48.9 Å². The number of carbonyl (C=O) groups is 1. The fraction of sp³-hybridized carbons (Fsp3) is 0.235. The van der Waals surface area contributed by atoms with Gasteiger partial charge in [0.1, 0.15) is 17.3 Å². The van der Waals surface area contributed by atoms with Crippen LogP contribution >= 0.6 is 11.6 Å². The zero-order chi connectivity index (χ0) is 16.7. The molecule has 0 aliphatic heterocycles. The van der Waals surface area contributed by atoms with Crippen LogP contribution in [0.15, 0.2) is 42.5 Å². The van der Waals surface area contributed by atoms with Gasteiger partial charge in [0.05, 0.1) is 12.3 Å². The van der Waals surface area contributed by atoms with Crippen molar-refractivity contribution in [2.75, 3.05) is 18.5 Å². The third-order valence-electron chi connectivity index (χ3n) is 2.87. The fourth-order valence-electron chi connectivity index (χ4n) is 1.78. The van der Waals surface area contributed by atoms with E-state index in [-0.39, 0.29) is 17.3 Å². The Morgan fingerprint density at radius 3 is 2.39 bits per heavy atom. The number of benzene rings is 2. The van der Waals surface area contributed by atoms with Crippen molar-refractivity contribution in [3.8, 4) is 11.5 Å². The number of amides is 1. The molecule has 0 saturated carbocycles. The van der Waals surface area contributed by atoms with Crippen LogP contribution in [-0.2, 0) is 4.79 Å². The van der Waals surface area contributed by atoms with Crippen molar-refractivity contribution in [2.45, 2.75) is 13.3 Å². The van der Waals surface area contributed by atoms with E-state index in [1.165, 1.54) is 12.1 Å². The molecule has 0 unspecified atom stereocenters. The Labute approximate surface area is 139 Å². The highest BCUT2D eigenvalue weighted by atomic mass is 35.5. The van der Waals surface area contributed by atoms with Crippen LogP contribution in [0.25, 0.3) is 0 Å². The van der Waals surface area contributed by atoms with Crippen molar-refractivity contribution in [1.82, 2.24) is 0 Å². The molecule has 0 aromatic heterocycles. The Morgan fingerprint density at radius 1 is 1.13 bits per heavy atom. The van der Waals surface area contributed by atoms with Crippen LogP contribution in [0.5, 0.6) is 11.5 Å². The van der Waals surface area contributed by atoms with Crippen molar-refractivity contribution in [2.24, 2.45) is 0 Å². The van der Waals surface area contributed by atoms with Gasteiger partial charge in [-0.2, -0.15) is 0 Å². The molecule has 0 saturated heterocycles. The van der Waals surface area contributed by atoms with E-state index in [0.29, 0.717) is 12.4 Å². The molecular formula is C17H17ClFNO3. The first kappa shape index (κ1) is 17.1. The van der Waals surface area contributed by atoms with Gasteiger partial charge in [0, 0.05) is 5.02 Å². The van der Waals surface area contributed by atoms with Gasteiger partial charge < -0.3 is 14.8 Å². The lowest BCUT2D eigenvalue weighted by Crippen LogP contribution is -2.20. The quantitative estimate of drug-likeness (QED) is 0.820. The Hall–Kier alpha value is -2.27. The lowest BCUT2D eigenvalue weighted by atomic mass is 10.3. The third kappa shape index (κ3) is 5.45. The van der Waals surface area contributed by atoms with Crippen molar-refractivity contribution >= 4 is 23.2 Å². The van der Waals surface area contributed by atoms with Crippen LogP contribution in [0.3, 0.4) is 0 Å². The highest BCUT2D eigenvalue weighted by molar-refractivity contribution is 6.30. The van der Waals surface area contributed by atoms with Gasteiger partial charge in [-0.25, -0.2) is 4.39 Å². The van der Waals surface area contributed by atoms with Gasteiger partial charge in [0.2, 0.25) is 0 Å². The summed E-state index contributed by atoms with van der Waals surface area (Å²) in [5.74, 6) is 0.216. The molecule has 0 aliphatic rings. The summed E-state index contributed by atoms with van der Waals surface area (Å²) >= 11 is 5.65. The minimum atomic E-state index is -0.594. The zero-order valence-corrected chi connectivity index (χ0v) is 13.4. The average molecular weight is 338 g/mol. The molecule has 6 heteroatoms. The molecule has 1 N–H and O–H groups in total. The molecule has 0 aliphatic carbocycles. The molecule has 23 heavy (non-hydrogen) atoms. The minimum absolute atomic E-state index is 0.0614. The second kappa shape index (κ2) is 8.39. The minimum Gasteiger partial charge on any atom is -0.494 e. The Kier molecular flexibility index (Phi) is 6.23. The predicted molar refractivity (Wildman–Crippen MR) is 87.8 cm³/mol. The normalized spacial score (nSPS) is 10.2. The maximum Gasteiger partial charge on any atom is 0.262 e. The van der Waals surface area contributed by atoms with E-state index in [1.807, 2.05) is 6.92 Å². The monoisotopic (exact) mass is 337 g/mol. The molecule has 0 fully saturated rings. The van der Waals surface area contributed by atoms with Gasteiger partial charge in [-0.15, -0.1) is 0 Å². The lowest BCUT2D eigenvalue weighted by Gasteiger charge is -2.09. The van der Waals surface area contributed by atoms with Crippen LogP contribution in [0, 0.1) is 5.82 Å². The highest BCUT2D eigenvalue weighted by Crippen LogP contribution is 2.20. The maximum absolute atomic E-state index is 13.6. The first-order valence-corrected chi connectivity index (χ1v) is 7.57. The third-order valence-corrected chi connectivity index (χ3v) is 3.11. The molecule has 1 amide bonds. The smallest absolute Gasteiger partial charge is 0.262 e. The summed E-state index contributed by atoms with van der Waals surface area (Å²) in [7, 11) is 0. The van der Waals surface area contributed by atoms with Gasteiger partial charge in [0.25, 0.3) is 5.91 Å². The van der Waals surface area contributed by atoms with Crippen molar-refractivity contribution in [3.63, 3.8) is 0 Å². The molecule has 0 heterocycles. The number of hydrogen-bond acceptors (Lipinski definition) is 3. The lowest BCUT2D eigenvalue weighted by molar-refractivity contribution is -0.118. The Balaban J connectivity index is 1.84. The molecule has 2 aromatic rings. The van der Waals surface area contributed by atoms with E-state index < -0.39 is 11.7 Å². The molecule has 2 aromatic carbocycles. The summed E-state index contributed by atoms with van der Waals surface area (Å²) in [4.78, 5) is 11.8. The number of nitrogens with one attached hydrogen (secondary N) is 1. The second-order valence-corrected chi connectivity index (χ2v) is 5.22. The SMILES string of the molecule is CCCOc1ccc(OCC(=O)Nc2ccc(Cl)cc2F)cc1. The average Bonchev–Trinajstić information content (AvgIpc) is 2.54. The molecule has 0 atom stereocenters. The maximum atomic E-state index is 13.6. The summed E-state index contributed by atoms with van der Waals surface area (Å²) in [5, 5.41) is 2.69. The van der Waals surface area contributed by atoms with E-state index >= 15 is 0 Å². The van der Waals surface area contributed by atoms with Crippen LogP contribution in [-0.4, -0.2) is 19.1 Å². The number of halogens is 2. The fourth-order valence-corrected chi connectivity index (χ4v) is 1.94. The second-order valence-electron chi connectivity index (χ2n) is 4.78. The van der Waals surface area contributed by atoms with E-state index in [4.69, 9.17) is 21.1 Å². The van der Waals surface area contributed by atoms with E-state index in [0.717, 1.165) is 18.2 Å². The molecule has 0 bridgehead atoms. The summed E-state index contributed by atoms with van der Waals surface area (Å²) in [6.45, 7) is 2.45. The summed E-state index contributed by atoms with van der Waals surface area (Å²) in [6, 6.07) is 11.0. The standard InChI is InChI=1S/C17H17ClFNO3/c1-2-9-22-13-4-6-14(7-5-13)23-11-17(21)20-16-8-3-12(18)10-15(16)19/h3-8,10H,2,9,11H2,1H3,(H,20,21). The van der Waals surface area contributed by atoms with Gasteiger partial charge >= 0.3 is 0 Å². The molecular weight excluding hydrogens is 321 g/mol. The van der Waals surface area contributed by atoms with E-state index in [9.17, 15) is 9.18 Å². The van der Waals surface area contributed by atoms with Crippen LogP contribution in [0.4, 0.5) is 10.1 Å².